The van der Waals surface area contributed by atoms with E-state index in [1.807, 2.05) is 0 Å². The molecule has 0 unspecified atom stereocenters. The fourth-order valence-corrected chi connectivity index (χ4v) is 1.50. The number of aryl methyl sites for hydroxylation is 1. The Bertz CT molecular complexity index is 605. The highest BCUT2D eigenvalue weighted by Crippen LogP contribution is 2.29. The molecule has 0 fully saturated rings. The van der Waals surface area contributed by atoms with Crippen molar-refractivity contribution in [3.63, 3.8) is 0 Å². The zero-order chi connectivity index (χ0) is 14.8. The molecule has 2 rings (SSSR count). The topological polar surface area (TPSA) is 68.0 Å². The van der Waals surface area contributed by atoms with Crippen LogP contribution in [0.15, 0.2) is 28.8 Å². The van der Waals surface area contributed by atoms with E-state index >= 15 is 0 Å². The SMILES string of the molecule is Cc1noc(CC(=O)Nc2ccc(C(F)(F)F)cc2)n1. The average molecular weight is 285 g/mol. The number of carbonyl (C=O) groups excluding carboxylic acids is 1. The molecule has 1 amide bonds. The van der Waals surface area contributed by atoms with Crippen LogP contribution in [0.2, 0.25) is 0 Å². The summed E-state index contributed by atoms with van der Waals surface area (Å²) in [6.07, 6.45) is -4.54. The van der Waals surface area contributed by atoms with Crippen LogP contribution in [-0.4, -0.2) is 16.0 Å². The number of hydrogen-bond donors (Lipinski definition) is 1. The van der Waals surface area contributed by atoms with Gasteiger partial charge in [0.05, 0.1) is 5.56 Å². The molecule has 0 saturated heterocycles. The van der Waals surface area contributed by atoms with E-state index in [0.717, 1.165) is 12.1 Å². The van der Waals surface area contributed by atoms with E-state index in [9.17, 15) is 18.0 Å². The van der Waals surface area contributed by atoms with Crippen LogP contribution in [0.25, 0.3) is 0 Å². The first-order valence-electron chi connectivity index (χ1n) is 5.61. The Morgan fingerprint density at radius 3 is 2.45 bits per heavy atom. The first-order valence-corrected chi connectivity index (χ1v) is 5.61. The Hall–Kier alpha value is -2.38. The van der Waals surface area contributed by atoms with Gasteiger partial charge in [-0.05, 0) is 31.2 Å². The number of carbonyl (C=O) groups is 1. The zero-order valence-electron chi connectivity index (χ0n) is 10.4. The molecule has 1 aromatic heterocycles. The maximum atomic E-state index is 12.4. The highest BCUT2D eigenvalue weighted by molar-refractivity contribution is 5.91. The van der Waals surface area contributed by atoms with E-state index in [4.69, 9.17) is 4.52 Å². The number of anilines is 1. The van der Waals surface area contributed by atoms with Crippen LogP contribution in [0, 0.1) is 6.92 Å². The standard InChI is InChI=1S/C12H10F3N3O2/c1-7-16-11(20-18-7)6-10(19)17-9-4-2-8(3-5-9)12(13,14)15/h2-5H,6H2,1H3,(H,17,19). The number of alkyl halides is 3. The molecule has 0 aliphatic carbocycles. The molecule has 1 heterocycles. The molecule has 8 heteroatoms. The number of amides is 1. The predicted octanol–water partition coefficient (Wildman–Crippen LogP) is 2.58. The number of aromatic nitrogens is 2. The van der Waals surface area contributed by atoms with Gasteiger partial charge in [-0.15, -0.1) is 0 Å². The molecule has 5 nitrogen and oxygen atoms in total. The molecule has 106 valence electrons. The van der Waals surface area contributed by atoms with Gasteiger partial charge in [0, 0.05) is 5.69 Å². The molecular formula is C12H10F3N3O2. The summed E-state index contributed by atoms with van der Waals surface area (Å²) < 4.78 is 41.8. The van der Waals surface area contributed by atoms with E-state index in [2.05, 4.69) is 15.5 Å². The summed E-state index contributed by atoms with van der Waals surface area (Å²) in [5.41, 5.74) is -0.512. The van der Waals surface area contributed by atoms with E-state index in [-0.39, 0.29) is 18.0 Å². The van der Waals surface area contributed by atoms with Crippen molar-refractivity contribution in [1.29, 1.82) is 0 Å². The van der Waals surface area contributed by atoms with Crippen molar-refractivity contribution in [3.05, 3.63) is 41.5 Å². The van der Waals surface area contributed by atoms with Crippen molar-refractivity contribution < 1.29 is 22.5 Å². The average Bonchev–Trinajstić information content (AvgIpc) is 2.74. The maximum absolute atomic E-state index is 12.4. The number of rotatable bonds is 3. The van der Waals surface area contributed by atoms with Crippen LogP contribution >= 0.6 is 0 Å². The lowest BCUT2D eigenvalue weighted by atomic mass is 10.2. The molecule has 2 aromatic rings. The van der Waals surface area contributed by atoms with Crippen molar-refractivity contribution in [1.82, 2.24) is 10.1 Å². The Morgan fingerprint density at radius 1 is 1.30 bits per heavy atom. The van der Waals surface area contributed by atoms with Gasteiger partial charge in [-0.2, -0.15) is 18.2 Å². The first kappa shape index (κ1) is 14.0. The summed E-state index contributed by atoms with van der Waals surface area (Å²) in [6, 6.07) is 4.15. The fourth-order valence-electron chi connectivity index (χ4n) is 1.50. The monoisotopic (exact) mass is 285 g/mol. The maximum Gasteiger partial charge on any atom is 0.416 e. The Balaban J connectivity index is 1.98. The molecule has 0 saturated carbocycles. The smallest absolute Gasteiger partial charge is 0.339 e. The van der Waals surface area contributed by atoms with Crippen LogP contribution in [0.5, 0.6) is 0 Å². The largest absolute Gasteiger partial charge is 0.416 e. The predicted molar refractivity (Wildman–Crippen MR) is 62.8 cm³/mol. The second-order valence-corrected chi connectivity index (χ2v) is 4.04. The minimum absolute atomic E-state index is 0.137. The third-order valence-corrected chi connectivity index (χ3v) is 2.38. The second kappa shape index (κ2) is 5.32. The molecule has 20 heavy (non-hydrogen) atoms. The Labute approximate surface area is 111 Å². The summed E-state index contributed by atoms with van der Waals surface area (Å²) in [5, 5.41) is 5.97. The Kier molecular flexibility index (Phi) is 3.73. The van der Waals surface area contributed by atoms with Crippen molar-refractivity contribution in [2.75, 3.05) is 5.32 Å². The quantitative estimate of drug-likeness (QED) is 0.941. The third-order valence-electron chi connectivity index (χ3n) is 2.38. The van der Waals surface area contributed by atoms with E-state index < -0.39 is 17.6 Å². The van der Waals surface area contributed by atoms with Crippen LogP contribution in [0.4, 0.5) is 18.9 Å². The number of benzene rings is 1. The molecule has 0 atom stereocenters. The van der Waals surface area contributed by atoms with Crippen molar-refractivity contribution in [2.45, 2.75) is 19.5 Å². The highest BCUT2D eigenvalue weighted by Gasteiger charge is 2.29. The molecule has 0 bridgehead atoms. The van der Waals surface area contributed by atoms with Crippen LogP contribution in [0.1, 0.15) is 17.3 Å². The van der Waals surface area contributed by atoms with E-state index in [0.29, 0.717) is 5.82 Å². The molecule has 1 aromatic carbocycles. The van der Waals surface area contributed by atoms with Crippen molar-refractivity contribution in [3.8, 4) is 0 Å². The van der Waals surface area contributed by atoms with Gasteiger partial charge in [-0.3, -0.25) is 4.79 Å². The summed E-state index contributed by atoms with van der Waals surface area (Å²) in [7, 11) is 0. The summed E-state index contributed by atoms with van der Waals surface area (Å²) in [6.45, 7) is 1.61. The lowest BCUT2D eigenvalue weighted by molar-refractivity contribution is -0.137. The summed E-state index contributed by atoms with van der Waals surface area (Å²) >= 11 is 0. The van der Waals surface area contributed by atoms with Gasteiger partial charge in [-0.1, -0.05) is 5.16 Å². The lowest BCUT2D eigenvalue weighted by Gasteiger charge is -2.08. The minimum atomic E-state index is -4.40. The lowest BCUT2D eigenvalue weighted by Crippen LogP contribution is -2.15. The molecule has 0 spiro atoms. The summed E-state index contributed by atoms with van der Waals surface area (Å²) in [5.74, 6) is 0.0997. The molecular weight excluding hydrogens is 275 g/mol. The molecule has 0 aliphatic rings. The third kappa shape index (κ3) is 3.56. The van der Waals surface area contributed by atoms with Gasteiger partial charge in [0.25, 0.3) is 0 Å². The van der Waals surface area contributed by atoms with Gasteiger partial charge in [0.2, 0.25) is 11.8 Å². The van der Waals surface area contributed by atoms with Crippen molar-refractivity contribution >= 4 is 11.6 Å². The van der Waals surface area contributed by atoms with Crippen LogP contribution < -0.4 is 5.32 Å². The van der Waals surface area contributed by atoms with Gasteiger partial charge in [0.1, 0.15) is 6.42 Å². The zero-order valence-corrected chi connectivity index (χ0v) is 10.4. The normalized spacial score (nSPS) is 11.4. The Morgan fingerprint density at radius 2 is 1.95 bits per heavy atom. The fraction of sp³-hybridized carbons (Fsp3) is 0.250. The number of nitrogens with zero attached hydrogens (tertiary/aromatic N) is 2. The van der Waals surface area contributed by atoms with Gasteiger partial charge >= 0.3 is 6.18 Å². The molecule has 0 aliphatic heterocycles. The minimum Gasteiger partial charge on any atom is -0.339 e. The molecule has 0 radical (unpaired) electrons. The van der Waals surface area contributed by atoms with Gasteiger partial charge < -0.3 is 9.84 Å². The second-order valence-electron chi connectivity index (χ2n) is 4.04. The molecule has 1 N–H and O–H groups in total. The number of halogens is 3. The number of nitrogens with one attached hydrogen (secondary N) is 1. The van der Waals surface area contributed by atoms with Gasteiger partial charge in [-0.25, -0.2) is 0 Å². The van der Waals surface area contributed by atoms with Crippen LogP contribution in [0.3, 0.4) is 0 Å². The summed E-state index contributed by atoms with van der Waals surface area (Å²) in [4.78, 5) is 15.5. The van der Waals surface area contributed by atoms with Crippen molar-refractivity contribution in [2.24, 2.45) is 0 Å². The first-order chi connectivity index (χ1) is 9.34. The van der Waals surface area contributed by atoms with Crippen LogP contribution in [-0.2, 0) is 17.4 Å². The van der Waals surface area contributed by atoms with E-state index in [1.165, 1.54) is 12.1 Å². The van der Waals surface area contributed by atoms with Gasteiger partial charge in [0.15, 0.2) is 5.82 Å². The van der Waals surface area contributed by atoms with E-state index in [1.54, 1.807) is 6.92 Å². The highest BCUT2D eigenvalue weighted by atomic mass is 19.4. The number of hydrogen-bond acceptors (Lipinski definition) is 4.